The number of ether oxygens (including phenoxy) is 2. The lowest BCUT2D eigenvalue weighted by atomic mass is 10.1. The van der Waals surface area contributed by atoms with E-state index >= 15 is 0 Å². The van der Waals surface area contributed by atoms with Crippen molar-refractivity contribution in [3.8, 4) is 0 Å². The first-order valence-electron chi connectivity index (χ1n) is 22.7. The van der Waals surface area contributed by atoms with Crippen molar-refractivity contribution in [3.63, 3.8) is 0 Å². The topological polar surface area (TPSA) is 148 Å². The van der Waals surface area contributed by atoms with Crippen molar-refractivity contribution in [1.29, 1.82) is 0 Å². The molecule has 0 aliphatic heterocycles. The second-order valence-corrected chi connectivity index (χ2v) is 47.0. The molecule has 0 saturated carbocycles. The molecule has 12 nitrogen and oxygen atoms in total. The fraction of sp³-hybridized carbons (Fsp3) is 0.950. The number of carbonyl (C=O) groups excluding carboxylic acids is 2. The van der Waals surface area contributed by atoms with Gasteiger partial charge in [-0.05, 0) is 123 Å². The van der Waals surface area contributed by atoms with Gasteiger partial charge in [-0.15, -0.1) is 0 Å². The second-order valence-electron chi connectivity index (χ2n) is 20.3. The minimum atomic E-state index is -4.67. The van der Waals surface area contributed by atoms with Gasteiger partial charge in [-0.25, -0.2) is 0 Å². The average molecular weight is 963 g/mol. The maximum atomic E-state index is 12.5. The molecule has 0 bridgehead atoms. The van der Waals surface area contributed by atoms with Crippen LogP contribution in [0.15, 0.2) is 0 Å². The van der Waals surface area contributed by atoms with Gasteiger partial charge in [0.25, 0.3) is 7.82 Å². The van der Waals surface area contributed by atoms with E-state index in [0.717, 1.165) is 76.3 Å². The molecule has 0 fully saturated rings. The van der Waals surface area contributed by atoms with E-state index in [1.807, 2.05) is 0 Å². The standard InChI is InChI=1S/C40H91O12PSi6/c1-16-33-47-53(43,44)48-38(36-45-39(41)31-27-23-19-17-21-25-29-34-56(8,9)51-58(12,13)49-54(2,3)4)37-46-40(42)32-28-24-20-18-22-26-30-35-57(10,11)52-59(14,15)50-55(5,6)7/h38H,16-37H2,1-15H3,(H,43,44)/p-1. The number of rotatable bonds is 37. The van der Waals surface area contributed by atoms with Crippen molar-refractivity contribution >= 4 is 70.2 Å². The Kier molecular flexibility index (Phi) is 29.0. The monoisotopic (exact) mass is 961 g/mol. The van der Waals surface area contributed by atoms with Crippen molar-refractivity contribution in [2.75, 3.05) is 19.8 Å². The van der Waals surface area contributed by atoms with Crippen LogP contribution in [0.3, 0.4) is 0 Å². The van der Waals surface area contributed by atoms with Crippen LogP contribution in [-0.2, 0) is 49.1 Å². The smallest absolute Gasteiger partial charge is 0.311 e. The van der Waals surface area contributed by atoms with Crippen LogP contribution in [0, 0.1) is 0 Å². The van der Waals surface area contributed by atoms with Crippen LogP contribution in [0.5, 0.6) is 0 Å². The summed E-state index contributed by atoms with van der Waals surface area (Å²) >= 11 is 0. The Bertz CT molecular complexity index is 1140. The number of carbonyl (C=O) groups is 2. The summed E-state index contributed by atoms with van der Waals surface area (Å²) in [5, 5.41) is 0. The van der Waals surface area contributed by atoms with Crippen LogP contribution in [0.2, 0.25) is 104 Å². The van der Waals surface area contributed by atoms with E-state index in [1.54, 1.807) is 6.92 Å². The highest BCUT2D eigenvalue weighted by molar-refractivity contribution is 7.45. The molecule has 59 heavy (non-hydrogen) atoms. The van der Waals surface area contributed by atoms with Crippen LogP contribution >= 0.6 is 7.82 Å². The Morgan fingerprint density at radius 1 is 0.508 bits per heavy atom. The predicted molar refractivity (Wildman–Crippen MR) is 255 cm³/mol. The molecule has 0 aliphatic carbocycles. The first-order chi connectivity index (χ1) is 27.0. The van der Waals surface area contributed by atoms with Crippen molar-refractivity contribution in [3.05, 3.63) is 0 Å². The number of hydrogen-bond acceptors (Lipinski definition) is 12. The van der Waals surface area contributed by atoms with Gasteiger partial charge in [0.1, 0.15) is 19.3 Å². The molecule has 0 heterocycles. The molecule has 1 atom stereocenters. The second kappa shape index (κ2) is 28.9. The lowest BCUT2D eigenvalue weighted by Gasteiger charge is -2.37. The van der Waals surface area contributed by atoms with E-state index in [2.05, 4.69) is 91.7 Å². The first kappa shape index (κ1) is 59.2. The van der Waals surface area contributed by atoms with E-state index in [-0.39, 0.29) is 32.7 Å². The van der Waals surface area contributed by atoms with Gasteiger partial charge < -0.3 is 39.9 Å². The SMILES string of the molecule is CCCOP(=O)([O-])OC(COC(=O)CCCCCCCCC[Si](C)(C)O[Si](C)(C)O[Si](C)(C)C)COC(=O)CCCCCCCCC[Si](C)(C)O[Si](C)(C)O[Si](C)(C)C. The van der Waals surface area contributed by atoms with E-state index in [4.69, 9.17) is 35.0 Å². The summed E-state index contributed by atoms with van der Waals surface area (Å²) in [5.74, 6) is -0.873. The Morgan fingerprint density at radius 3 is 1.15 bits per heavy atom. The van der Waals surface area contributed by atoms with E-state index in [0.29, 0.717) is 19.3 Å². The van der Waals surface area contributed by atoms with Gasteiger partial charge >= 0.3 is 29.1 Å². The van der Waals surface area contributed by atoms with Crippen LogP contribution in [-0.4, -0.2) is 88.3 Å². The Morgan fingerprint density at radius 2 is 0.831 bits per heavy atom. The quantitative estimate of drug-likeness (QED) is 0.0252. The number of phosphoric ester groups is 1. The highest BCUT2D eigenvalue weighted by Crippen LogP contribution is 2.40. The molecule has 352 valence electrons. The summed E-state index contributed by atoms with van der Waals surface area (Å²) in [6.07, 6.45) is 14.2. The summed E-state index contributed by atoms with van der Waals surface area (Å²) < 4.78 is 59.1. The zero-order valence-corrected chi connectivity index (χ0v) is 47.4. The molecular formula is C40H90O12PSi6-. The molecule has 0 amide bonds. The van der Waals surface area contributed by atoms with Crippen LogP contribution in [0.1, 0.15) is 116 Å². The molecule has 0 aromatic rings. The van der Waals surface area contributed by atoms with Gasteiger partial charge in [-0.1, -0.05) is 84.0 Å². The maximum Gasteiger partial charge on any atom is 0.311 e. The lowest BCUT2D eigenvalue weighted by Crippen LogP contribution is -2.51. The maximum absolute atomic E-state index is 12.5. The molecule has 1 unspecified atom stereocenters. The zero-order chi connectivity index (χ0) is 45.4. The first-order valence-corrected chi connectivity index (χ1v) is 42.9. The molecule has 0 rings (SSSR count). The highest BCUT2D eigenvalue weighted by atomic mass is 31.2. The molecule has 0 spiro atoms. The minimum absolute atomic E-state index is 0.0304. The van der Waals surface area contributed by atoms with Gasteiger partial charge in [0, 0.05) is 12.8 Å². The van der Waals surface area contributed by atoms with Gasteiger partial charge in [0.05, 0.1) is 6.61 Å². The molecule has 0 aliphatic rings. The average Bonchev–Trinajstić information content (AvgIpc) is 3.03. The van der Waals surface area contributed by atoms with Gasteiger partial charge in [0.2, 0.25) is 0 Å². The van der Waals surface area contributed by atoms with Gasteiger partial charge in [-0.2, -0.15) is 0 Å². The molecular weight excluding hydrogens is 872 g/mol. The van der Waals surface area contributed by atoms with Crippen molar-refractivity contribution in [2.45, 2.75) is 226 Å². The number of phosphoric acid groups is 1. The van der Waals surface area contributed by atoms with Gasteiger partial charge in [0.15, 0.2) is 33.3 Å². The molecule has 19 heteroatoms. The summed E-state index contributed by atoms with van der Waals surface area (Å²) in [4.78, 5) is 37.4. The van der Waals surface area contributed by atoms with E-state index in [9.17, 15) is 19.0 Å². The predicted octanol–water partition coefficient (Wildman–Crippen LogP) is 12.1. The van der Waals surface area contributed by atoms with Gasteiger partial charge in [-0.3, -0.25) is 14.2 Å². The number of unbranched alkanes of at least 4 members (excludes halogenated alkanes) is 12. The largest absolute Gasteiger partial charge is 0.756 e. The minimum Gasteiger partial charge on any atom is -0.756 e. The Labute approximate surface area is 368 Å². The fourth-order valence-electron chi connectivity index (χ4n) is 7.40. The van der Waals surface area contributed by atoms with E-state index < -0.39 is 76.3 Å². The highest BCUT2D eigenvalue weighted by Gasteiger charge is 2.38. The molecule has 0 aromatic carbocycles. The van der Waals surface area contributed by atoms with Crippen LogP contribution < -0.4 is 4.89 Å². The summed E-state index contributed by atoms with van der Waals surface area (Å²) in [5.41, 5.74) is 0. The summed E-state index contributed by atoms with van der Waals surface area (Å²) in [6, 6.07) is 2.27. The zero-order valence-electron chi connectivity index (χ0n) is 40.5. The molecule has 0 radical (unpaired) electrons. The summed E-state index contributed by atoms with van der Waals surface area (Å²) in [6.45, 7) is 32.3. The van der Waals surface area contributed by atoms with Crippen molar-refractivity contribution in [2.24, 2.45) is 0 Å². The molecule has 0 aromatic heterocycles. The third kappa shape index (κ3) is 37.3. The summed E-state index contributed by atoms with van der Waals surface area (Å²) in [7, 11) is -15.7. The number of esters is 2. The normalized spacial score (nSPS) is 14.5. The third-order valence-corrected chi connectivity index (χ3v) is 30.4. The van der Waals surface area contributed by atoms with Crippen LogP contribution in [0.4, 0.5) is 0 Å². The van der Waals surface area contributed by atoms with Crippen LogP contribution in [0.25, 0.3) is 0 Å². The third-order valence-electron chi connectivity index (χ3n) is 9.06. The lowest BCUT2D eigenvalue weighted by molar-refractivity contribution is -0.233. The number of hydrogen-bond donors (Lipinski definition) is 0. The van der Waals surface area contributed by atoms with Crippen molar-refractivity contribution < 1.29 is 54.0 Å². The fourth-order valence-corrected chi connectivity index (χ4v) is 34.9. The molecule has 0 saturated heterocycles. The Balaban J connectivity index is 4.41. The molecule has 0 N–H and O–H groups in total. The Hall–Kier alpha value is 0.191. The van der Waals surface area contributed by atoms with Crippen molar-refractivity contribution in [1.82, 2.24) is 0 Å². The van der Waals surface area contributed by atoms with E-state index in [1.165, 1.54) is 12.8 Å².